The van der Waals surface area contributed by atoms with Crippen molar-refractivity contribution >= 4 is 33.4 Å². The number of sulfonamides is 1. The average Bonchev–Trinajstić information content (AvgIpc) is 2.94. The predicted octanol–water partition coefficient (Wildman–Crippen LogP) is 2.03. The minimum atomic E-state index is -3.59. The third-order valence-corrected chi connectivity index (χ3v) is 7.06. The van der Waals surface area contributed by atoms with Crippen LogP contribution in [0.15, 0.2) is 40.6 Å². The van der Waals surface area contributed by atoms with Crippen LogP contribution in [0.5, 0.6) is 0 Å². The normalized spacial score (nSPS) is 21.7. The number of rotatable bonds is 5. The highest BCUT2D eigenvalue weighted by Crippen LogP contribution is 2.33. The predicted molar refractivity (Wildman–Crippen MR) is 93.8 cm³/mol. The molecule has 24 heavy (non-hydrogen) atoms. The van der Waals surface area contributed by atoms with Gasteiger partial charge in [0.25, 0.3) is 0 Å². The summed E-state index contributed by atoms with van der Waals surface area (Å²) in [5.74, 6) is 5.76. The summed E-state index contributed by atoms with van der Waals surface area (Å²) in [4.78, 5) is 0.211. The Labute approximate surface area is 150 Å². The van der Waals surface area contributed by atoms with E-state index >= 15 is 0 Å². The van der Waals surface area contributed by atoms with Gasteiger partial charge >= 0.3 is 0 Å². The first kappa shape index (κ1) is 17.5. The lowest BCUT2D eigenvalue weighted by Gasteiger charge is -2.31. The zero-order valence-corrected chi connectivity index (χ0v) is 15.2. The number of nitrogens with two attached hydrogens (primary N) is 1. The third kappa shape index (κ3) is 4.02. The first-order chi connectivity index (χ1) is 11.5. The second-order valence-corrected chi connectivity index (χ2v) is 9.00. The molecule has 1 saturated carbocycles. The molecule has 7 nitrogen and oxygen atoms in total. The van der Waals surface area contributed by atoms with Crippen LogP contribution in [-0.2, 0) is 10.0 Å². The van der Waals surface area contributed by atoms with Crippen LogP contribution in [-0.4, -0.2) is 34.6 Å². The fourth-order valence-corrected chi connectivity index (χ4v) is 5.42. The molecule has 1 aliphatic rings. The molecule has 0 amide bonds. The van der Waals surface area contributed by atoms with E-state index in [9.17, 15) is 8.42 Å². The van der Waals surface area contributed by atoms with Crippen LogP contribution in [0.1, 0.15) is 25.7 Å². The molecule has 1 heterocycles. The molecule has 10 heteroatoms. The lowest BCUT2D eigenvalue weighted by Crippen LogP contribution is -2.43. The number of hydrogen-bond donors (Lipinski definition) is 2. The largest absolute Gasteiger partial charge is 0.336 e. The molecular formula is C14H18ClN5O2S2. The molecule has 0 radical (unpaired) electrons. The zero-order valence-electron chi connectivity index (χ0n) is 12.8. The number of nitrogen functional groups attached to an aromatic ring is 1. The van der Waals surface area contributed by atoms with Gasteiger partial charge in [-0.1, -0.05) is 36.2 Å². The van der Waals surface area contributed by atoms with Crippen molar-refractivity contribution in [1.82, 2.24) is 19.6 Å². The summed E-state index contributed by atoms with van der Waals surface area (Å²) in [6.45, 7) is 0. The summed E-state index contributed by atoms with van der Waals surface area (Å²) in [5, 5.41) is 8.87. The fourth-order valence-electron chi connectivity index (χ4n) is 2.71. The third-order valence-electron chi connectivity index (χ3n) is 3.93. The van der Waals surface area contributed by atoms with E-state index in [1.165, 1.54) is 34.9 Å². The summed E-state index contributed by atoms with van der Waals surface area (Å²) in [5.41, 5.74) is 0. The van der Waals surface area contributed by atoms with E-state index in [1.54, 1.807) is 12.1 Å². The Balaban J connectivity index is 1.75. The van der Waals surface area contributed by atoms with Crippen molar-refractivity contribution in [2.24, 2.45) is 0 Å². The summed E-state index contributed by atoms with van der Waals surface area (Å²) in [7, 11) is -3.59. The van der Waals surface area contributed by atoms with Gasteiger partial charge in [0.2, 0.25) is 15.2 Å². The minimum absolute atomic E-state index is 0.0623. The van der Waals surface area contributed by atoms with Crippen LogP contribution < -0.4 is 10.6 Å². The average molecular weight is 388 g/mol. The van der Waals surface area contributed by atoms with Crippen molar-refractivity contribution in [1.29, 1.82) is 0 Å². The van der Waals surface area contributed by atoms with Crippen LogP contribution in [0.3, 0.4) is 0 Å². The molecule has 1 fully saturated rings. The summed E-state index contributed by atoms with van der Waals surface area (Å²) in [6.07, 6.45) is 5.14. The maximum Gasteiger partial charge on any atom is 0.240 e. The van der Waals surface area contributed by atoms with Gasteiger partial charge in [0.1, 0.15) is 6.33 Å². The molecule has 1 aliphatic carbocycles. The maximum atomic E-state index is 12.6. The Morgan fingerprint density at radius 3 is 2.62 bits per heavy atom. The molecular weight excluding hydrogens is 370 g/mol. The van der Waals surface area contributed by atoms with E-state index in [0.29, 0.717) is 10.2 Å². The van der Waals surface area contributed by atoms with Crippen molar-refractivity contribution < 1.29 is 8.42 Å². The van der Waals surface area contributed by atoms with Crippen molar-refractivity contribution in [2.45, 2.75) is 47.0 Å². The van der Waals surface area contributed by atoms with Gasteiger partial charge in [0.05, 0.1) is 4.90 Å². The zero-order chi connectivity index (χ0) is 17.2. The van der Waals surface area contributed by atoms with Gasteiger partial charge in [0, 0.05) is 16.3 Å². The maximum absolute atomic E-state index is 12.6. The van der Waals surface area contributed by atoms with Crippen LogP contribution in [0, 0.1) is 0 Å². The number of halogens is 1. The number of thioether (sulfide) groups is 1. The van der Waals surface area contributed by atoms with E-state index in [4.69, 9.17) is 17.4 Å². The summed E-state index contributed by atoms with van der Waals surface area (Å²) in [6, 6.07) is 5.97. The monoisotopic (exact) mass is 387 g/mol. The topological polar surface area (TPSA) is 103 Å². The van der Waals surface area contributed by atoms with E-state index in [2.05, 4.69) is 14.9 Å². The molecule has 0 spiro atoms. The molecule has 0 saturated heterocycles. The SMILES string of the molecule is Nn1cnnc1S[C@@H]1CCCC[C@@H]1NS(=O)(=O)c1ccc(Cl)cc1. The number of nitrogens with zero attached hydrogens (tertiary/aromatic N) is 3. The van der Waals surface area contributed by atoms with E-state index in [0.717, 1.165) is 25.7 Å². The standard InChI is InChI=1S/C14H18ClN5O2S2/c15-10-5-7-11(8-6-10)24(21,22)19-12-3-1-2-4-13(12)23-14-18-17-9-20(14)16/h5-9,12-13,19H,1-4,16H2/t12-,13+/m0/s1. The molecule has 1 aromatic heterocycles. The summed E-state index contributed by atoms with van der Waals surface area (Å²) < 4.78 is 29.4. The summed E-state index contributed by atoms with van der Waals surface area (Å²) >= 11 is 7.29. The van der Waals surface area contributed by atoms with Crippen LogP contribution in [0.4, 0.5) is 0 Å². The highest BCUT2D eigenvalue weighted by Gasteiger charge is 2.31. The minimum Gasteiger partial charge on any atom is -0.336 e. The van der Waals surface area contributed by atoms with Gasteiger partial charge in [-0.2, -0.15) is 0 Å². The number of aromatic nitrogens is 3. The molecule has 2 atom stereocenters. The van der Waals surface area contributed by atoms with E-state index in [1.807, 2.05) is 0 Å². The van der Waals surface area contributed by atoms with Gasteiger partial charge in [-0.15, -0.1) is 10.2 Å². The Morgan fingerprint density at radius 2 is 1.96 bits per heavy atom. The number of nitrogens with one attached hydrogen (secondary N) is 1. The van der Waals surface area contributed by atoms with E-state index in [-0.39, 0.29) is 16.2 Å². The molecule has 0 aliphatic heterocycles. The molecule has 0 unspecified atom stereocenters. The first-order valence-corrected chi connectivity index (χ1v) is 10.3. The van der Waals surface area contributed by atoms with Crippen molar-refractivity contribution in [3.63, 3.8) is 0 Å². The quantitative estimate of drug-likeness (QED) is 0.761. The van der Waals surface area contributed by atoms with Gasteiger partial charge in [-0.3, -0.25) is 0 Å². The van der Waals surface area contributed by atoms with Gasteiger partial charge < -0.3 is 5.84 Å². The number of hydrogen-bond acceptors (Lipinski definition) is 6. The van der Waals surface area contributed by atoms with Crippen molar-refractivity contribution in [3.8, 4) is 0 Å². The fraction of sp³-hybridized carbons (Fsp3) is 0.429. The molecule has 130 valence electrons. The Hall–Kier alpha value is -1.29. The molecule has 3 N–H and O–H groups in total. The number of benzene rings is 1. The van der Waals surface area contributed by atoms with Gasteiger partial charge in [0.15, 0.2) is 0 Å². The van der Waals surface area contributed by atoms with Crippen LogP contribution in [0.25, 0.3) is 0 Å². The van der Waals surface area contributed by atoms with Gasteiger partial charge in [-0.05, 0) is 37.1 Å². The smallest absolute Gasteiger partial charge is 0.240 e. The Morgan fingerprint density at radius 1 is 1.25 bits per heavy atom. The van der Waals surface area contributed by atoms with Gasteiger partial charge in [-0.25, -0.2) is 17.8 Å². The van der Waals surface area contributed by atoms with Crippen LogP contribution in [0.2, 0.25) is 5.02 Å². The Bertz CT molecular complexity index is 794. The highest BCUT2D eigenvalue weighted by atomic mass is 35.5. The lowest BCUT2D eigenvalue weighted by atomic mass is 9.96. The lowest BCUT2D eigenvalue weighted by molar-refractivity contribution is 0.422. The highest BCUT2D eigenvalue weighted by molar-refractivity contribution is 7.99. The first-order valence-electron chi connectivity index (χ1n) is 7.55. The second-order valence-electron chi connectivity index (χ2n) is 5.64. The van der Waals surface area contributed by atoms with E-state index < -0.39 is 10.0 Å². The molecule has 1 aromatic carbocycles. The molecule has 3 rings (SSSR count). The molecule has 2 aromatic rings. The van der Waals surface area contributed by atoms with Crippen molar-refractivity contribution in [2.75, 3.05) is 5.84 Å². The van der Waals surface area contributed by atoms with Crippen molar-refractivity contribution in [3.05, 3.63) is 35.6 Å². The molecule has 0 bridgehead atoms. The second kappa shape index (κ2) is 7.30. The van der Waals surface area contributed by atoms with Crippen LogP contribution >= 0.6 is 23.4 Å². The Kier molecular flexibility index (Phi) is 5.33.